The van der Waals surface area contributed by atoms with Crippen LogP contribution in [-0.4, -0.2) is 35.9 Å². The van der Waals surface area contributed by atoms with E-state index in [9.17, 15) is 19.0 Å². The Kier molecular flexibility index (Phi) is 10.9. The fourth-order valence-corrected chi connectivity index (χ4v) is 3.99. The molecule has 0 bridgehead atoms. The van der Waals surface area contributed by atoms with Crippen LogP contribution in [0.4, 0.5) is 14.5 Å². The molecule has 0 unspecified atom stereocenters. The van der Waals surface area contributed by atoms with E-state index < -0.39 is 17.7 Å². The van der Waals surface area contributed by atoms with Crippen LogP contribution in [0.15, 0.2) is 41.4 Å². The number of nitrogens with one attached hydrogen (secondary N) is 1. The van der Waals surface area contributed by atoms with E-state index in [-0.39, 0.29) is 23.2 Å². The van der Waals surface area contributed by atoms with E-state index in [4.69, 9.17) is 20.1 Å². The van der Waals surface area contributed by atoms with Crippen molar-refractivity contribution in [1.29, 1.82) is 0 Å². The maximum absolute atomic E-state index is 14.6. The van der Waals surface area contributed by atoms with Crippen LogP contribution in [0.1, 0.15) is 36.6 Å². The summed E-state index contributed by atoms with van der Waals surface area (Å²) in [6.45, 7) is 9.81. The van der Waals surface area contributed by atoms with E-state index in [1.807, 2.05) is 13.8 Å². The van der Waals surface area contributed by atoms with Crippen molar-refractivity contribution in [3.8, 4) is 22.6 Å². The van der Waals surface area contributed by atoms with Gasteiger partial charge in [-0.25, -0.2) is 13.8 Å². The number of ether oxygens (including phenoxy) is 1. The average Bonchev–Trinajstić information content (AvgIpc) is 3.25. The first-order valence-corrected chi connectivity index (χ1v) is 11.9. The van der Waals surface area contributed by atoms with E-state index in [1.165, 1.54) is 12.1 Å². The van der Waals surface area contributed by atoms with E-state index in [0.29, 0.717) is 41.0 Å². The molecule has 0 fully saturated rings. The predicted molar refractivity (Wildman–Crippen MR) is 146 cm³/mol. The number of aromatic hydroxyl groups is 1. The molecular weight excluding hydrogens is 508 g/mol. The Morgan fingerprint density at radius 3 is 2.54 bits per heavy atom. The van der Waals surface area contributed by atoms with Crippen molar-refractivity contribution in [1.82, 2.24) is 0 Å². The summed E-state index contributed by atoms with van der Waals surface area (Å²) in [4.78, 5) is 20.3. The van der Waals surface area contributed by atoms with Crippen LogP contribution >= 0.6 is 0 Å². The van der Waals surface area contributed by atoms with Crippen LogP contribution in [0.5, 0.6) is 11.5 Å². The Balaban J connectivity index is 0.000000294. The molecular formula is C29H31F2N3O5. The van der Waals surface area contributed by atoms with E-state index in [2.05, 4.69) is 16.9 Å². The molecule has 0 aliphatic carbocycles. The summed E-state index contributed by atoms with van der Waals surface area (Å²) in [7, 11) is 1.59. The molecule has 1 atom stereocenters. The number of aryl methyl sites for hydroxylation is 2. The van der Waals surface area contributed by atoms with Crippen LogP contribution in [0.25, 0.3) is 23.9 Å². The van der Waals surface area contributed by atoms with E-state index in [0.717, 1.165) is 16.3 Å². The van der Waals surface area contributed by atoms with Gasteiger partial charge in [-0.15, -0.1) is 0 Å². The third-order valence-electron chi connectivity index (χ3n) is 5.85. The number of halogens is 2. The Labute approximate surface area is 224 Å². The number of phenolic OH excluding ortho intramolecular Hbond substituents is 1. The molecule has 0 saturated carbocycles. The predicted octanol–water partition coefficient (Wildman–Crippen LogP) is 3.30. The Morgan fingerprint density at radius 1 is 1.28 bits per heavy atom. The van der Waals surface area contributed by atoms with Crippen LogP contribution in [0.3, 0.4) is 0 Å². The number of carbonyl (C=O) groups excluding carboxylic acids is 2. The van der Waals surface area contributed by atoms with Crippen molar-refractivity contribution < 1.29 is 33.3 Å². The van der Waals surface area contributed by atoms with Crippen molar-refractivity contribution >= 4 is 30.5 Å². The van der Waals surface area contributed by atoms with Gasteiger partial charge in [0.1, 0.15) is 30.0 Å². The number of amidine groups is 1. The molecule has 206 valence electrons. The highest BCUT2D eigenvalue weighted by Crippen LogP contribution is 2.37. The van der Waals surface area contributed by atoms with Crippen molar-refractivity contribution in [2.45, 2.75) is 33.3 Å². The molecule has 0 amide bonds. The molecule has 1 aliphatic rings. The van der Waals surface area contributed by atoms with Gasteiger partial charge in [-0.2, -0.15) is 9.59 Å². The lowest BCUT2D eigenvalue weighted by molar-refractivity contribution is -0.191. The molecule has 10 heteroatoms. The quantitative estimate of drug-likeness (QED) is 0.295. The van der Waals surface area contributed by atoms with Gasteiger partial charge in [0.25, 0.3) is 0 Å². The minimum absolute atomic E-state index is 0.0698. The minimum atomic E-state index is -0.624. The maximum Gasteiger partial charge on any atom is 0.373 e. The molecule has 0 aromatic heterocycles. The zero-order valence-electron chi connectivity index (χ0n) is 22.1. The number of rotatable bonds is 4. The maximum atomic E-state index is 14.6. The largest absolute Gasteiger partial charge is 0.508 e. The Hall–Kier alpha value is -4.53. The second kappa shape index (κ2) is 13.9. The SMILES string of the molecule is C=c1c(CC)cc(-c2c(F)ccc(NC)c2F)c/c1=C/N=C(C)N.Cc1cc(O)cc2c1OC[C@@H]2O.O=C=O. The standard InChI is InChI=1S/C19H21F2N3.C9H10O3.CO2/c1-5-13-8-14(9-15(11(13)2)10-24-12(3)22)18-16(20)6-7-17(23-4)19(18)21;1-5-2-6(10)3-7-8(11)4-12-9(5)7;2-1-3/h6-10,23H,2,5H2,1,3-4H3,(H2,22,24);2-3,8,10-11H,4H2,1H3;/b15-10-;;/t;8-;/m.0./s1. The smallest absolute Gasteiger partial charge is 0.373 e. The van der Waals surface area contributed by atoms with Crippen LogP contribution in [0, 0.1) is 18.6 Å². The number of nitrogens with zero attached hydrogens (tertiary/aromatic N) is 1. The molecule has 5 N–H and O–H groups in total. The zero-order valence-corrected chi connectivity index (χ0v) is 22.1. The van der Waals surface area contributed by atoms with Gasteiger partial charge in [0, 0.05) is 24.0 Å². The summed E-state index contributed by atoms with van der Waals surface area (Å²) in [5.74, 6) is 0.0409. The topological polar surface area (TPSA) is 134 Å². The summed E-state index contributed by atoms with van der Waals surface area (Å²) in [6, 6.07) is 9.23. The summed E-state index contributed by atoms with van der Waals surface area (Å²) in [5.41, 5.74) is 8.63. The highest BCUT2D eigenvalue weighted by atomic mass is 19.1. The molecule has 0 spiro atoms. The van der Waals surface area contributed by atoms with Gasteiger partial charge in [0.2, 0.25) is 0 Å². The fraction of sp³-hybridized carbons (Fsp3) is 0.241. The lowest BCUT2D eigenvalue weighted by Crippen LogP contribution is -2.27. The first-order valence-electron chi connectivity index (χ1n) is 11.9. The number of aliphatic hydroxyl groups excluding tert-OH is 1. The number of nitrogens with two attached hydrogens (primary N) is 1. The van der Waals surface area contributed by atoms with Gasteiger partial charge in [-0.1, -0.05) is 19.6 Å². The number of fused-ring (bicyclic) bond motifs is 1. The second-order valence-corrected chi connectivity index (χ2v) is 8.58. The number of hydrogen-bond donors (Lipinski definition) is 4. The van der Waals surface area contributed by atoms with Gasteiger partial charge >= 0.3 is 6.15 Å². The van der Waals surface area contributed by atoms with Gasteiger partial charge in [-0.3, -0.25) is 0 Å². The molecule has 1 heterocycles. The van der Waals surface area contributed by atoms with Crippen LogP contribution in [-0.2, 0) is 16.0 Å². The van der Waals surface area contributed by atoms with E-state index in [1.54, 1.807) is 44.4 Å². The fourth-order valence-electron chi connectivity index (χ4n) is 3.99. The number of benzene rings is 3. The first-order chi connectivity index (χ1) is 18.5. The van der Waals surface area contributed by atoms with Gasteiger partial charge < -0.3 is 26.0 Å². The lowest BCUT2D eigenvalue weighted by Gasteiger charge is -2.11. The lowest BCUT2D eigenvalue weighted by atomic mass is 9.98. The van der Waals surface area contributed by atoms with Crippen LogP contribution in [0.2, 0.25) is 0 Å². The zero-order chi connectivity index (χ0) is 29.3. The van der Waals surface area contributed by atoms with Crippen molar-refractivity contribution in [2.75, 3.05) is 19.0 Å². The monoisotopic (exact) mass is 539 g/mol. The number of hydrogen-bond acceptors (Lipinski definition) is 7. The average molecular weight is 540 g/mol. The summed E-state index contributed by atoms with van der Waals surface area (Å²) in [5, 5.41) is 22.8. The van der Waals surface area contributed by atoms with Crippen molar-refractivity contribution in [3.05, 3.63) is 75.2 Å². The first kappa shape index (κ1) is 30.7. The molecule has 4 rings (SSSR count). The van der Waals surface area contributed by atoms with Crippen molar-refractivity contribution in [3.63, 3.8) is 0 Å². The molecule has 3 aromatic carbocycles. The van der Waals surface area contributed by atoms with E-state index >= 15 is 0 Å². The normalized spacial score (nSPS) is 14.2. The number of aliphatic hydroxyl groups is 1. The Bertz CT molecular complexity index is 1510. The second-order valence-electron chi connectivity index (χ2n) is 8.58. The number of phenols is 1. The molecule has 0 radical (unpaired) electrons. The minimum Gasteiger partial charge on any atom is -0.508 e. The number of anilines is 1. The third-order valence-corrected chi connectivity index (χ3v) is 5.85. The Morgan fingerprint density at radius 2 is 1.95 bits per heavy atom. The highest BCUT2D eigenvalue weighted by molar-refractivity contribution is 5.80. The third kappa shape index (κ3) is 7.50. The molecule has 1 aliphatic heterocycles. The van der Waals surface area contributed by atoms with Gasteiger partial charge in [0.05, 0.1) is 17.1 Å². The summed E-state index contributed by atoms with van der Waals surface area (Å²) in [6.07, 6.45) is 1.91. The van der Waals surface area contributed by atoms with Gasteiger partial charge in [-0.05, 0) is 72.5 Å². The molecule has 39 heavy (non-hydrogen) atoms. The van der Waals surface area contributed by atoms with Gasteiger partial charge in [0.15, 0.2) is 5.82 Å². The summed E-state index contributed by atoms with van der Waals surface area (Å²) < 4.78 is 34.2. The number of aliphatic imine (C=N–C) groups is 1. The van der Waals surface area contributed by atoms with Crippen LogP contribution < -0.4 is 26.2 Å². The summed E-state index contributed by atoms with van der Waals surface area (Å²) >= 11 is 0. The molecule has 0 saturated heterocycles. The highest BCUT2D eigenvalue weighted by Gasteiger charge is 2.24. The molecule has 8 nitrogen and oxygen atoms in total. The van der Waals surface area contributed by atoms with Crippen molar-refractivity contribution in [2.24, 2.45) is 10.7 Å². The molecule has 3 aromatic rings.